The van der Waals surface area contributed by atoms with Crippen LogP contribution in [0, 0.1) is 12.8 Å². The molecule has 0 aliphatic rings. The first-order valence-electron chi connectivity index (χ1n) is 7.08. The number of benzene rings is 1. The molecule has 0 bridgehead atoms. The molecule has 0 radical (unpaired) electrons. The topological polar surface area (TPSA) is 47.3 Å². The lowest BCUT2D eigenvalue weighted by Gasteiger charge is -2.07. The maximum atomic E-state index is 5.76. The summed E-state index contributed by atoms with van der Waals surface area (Å²) in [5, 5.41) is 7.37. The molecule has 1 N–H and O–H groups in total. The van der Waals surface area contributed by atoms with Crippen molar-refractivity contribution in [3.05, 3.63) is 45.8 Å². The molecule has 0 atom stereocenters. The Morgan fingerprint density at radius 1 is 1.33 bits per heavy atom. The maximum Gasteiger partial charge on any atom is 0.174 e. The van der Waals surface area contributed by atoms with Gasteiger partial charge in [-0.25, -0.2) is 0 Å². The SMILES string of the molecule is Cc1cc(Br)ccc1OCc1cc(CNCC(C)C)no1. The number of nitrogens with one attached hydrogen (secondary N) is 1. The second-order valence-electron chi connectivity index (χ2n) is 5.51. The summed E-state index contributed by atoms with van der Waals surface area (Å²) >= 11 is 3.44. The molecule has 0 fully saturated rings. The van der Waals surface area contributed by atoms with E-state index in [0.717, 1.165) is 40.3 Å². The fourth-order valence-electron chi connectivity index (χ4n) is 1.92. The highest BCUT2D eigenvalue weighted by atomic mass is 79.9. The summed E-state index contributed by atoms with van der Waals surface area (Å²) < 4.78 is 12.1. The molecule has 0 saturated heterocycles. The van der Waals surface area contributed by atoms with Gasteiger partial charge in [-0.2, -0.15) is 0 Å². The zero-order valence-corrected chi connectivity index (χ0v) is 14.2. The van der Waals surface area contributed by atoms with Crippen molar-refractivity contribution in [2.24, 2.45) is 5.92 Å². The van der Waals surface area contributed by atoms with Gasteiger partial charge in [0.05, 0.1) is 5.69 Å². The second-order valence-corrected chi connectivity index (χ2v) is 6.42. The molecule has 0 unspecified atom stereocenters. The third kappa shape index (κ3) is 5.17. The molecule has 21 heavy (non-hydrogen) atoms. The lowest BCUT2D eigenvalue weighted by molar-refractivity contribution is 0.247. The van der Waals surface area contributed by atoms with Gasteiger partial charge < -0.3 is 14.6 Å². The number of hydrogen-bond acceptors (Lipinski definition) is 4. The summed E-state index contributed by atoms with van der Waals surface area (Å²) in [5.41, 5.74) is 1.99. The maximum absolute atomic E-state index is 5.76. The zero-order valence-electron chi connectivity index (χ0n) is 12.6. The van der Waals surface area contributed by atoms with Gasteiger partial charge in [-0.15, -0.1) is 0 Å². The molecule has 114 valence electrons. The standard InChI is InChI=1S/C16H21BrN2O2/c1-11(2)8-18-9-14-7-15(21-19-14)10-20-16-5-4-13(17)6-12(16)3/h4-7,11,18H,8-10H2,1-3H3. The highest BCUT2D eigenvalue weighted by Crippen LogP contribution is 2.23. The molecule has 0 spiro atoms. The molecular weight excluding hydrogens is 332 g/mol. The van der Waals surface area contributed by atoms with E-state index in [0.29, 0.717) is 12.5 Å². The predicted molar refractivity (Wildman–Crippen MR) is 86.3 cm³/mol. The molecule has 5 heteroatoms. The monoisotopic (exact) mass is 352 g/mol. The van der Waals surface area contributed by atoms with E-state index >= 15 is 0 Å². The Bertz CT molecular complexity index is 581. The molecule has 0 aliphatic heterocycles. The minimum Gasteiger partial charge on any atom is -0.485 e. The Kier molecular flexibility index (Phi) is 5.82. The van der Waals surface area contributed by atoms with Gasteiger partial charge in [0.2, 0.25) is 0 Å². The minimum atomic E-state index is 0.389. The Morgan fingerprint density at radius 2 is 2.14 bits per heavy atom. The normalized spacial score (nSPS) is 11.1. The van der Waals surface area contributed by atoms with Gasteiger partial charge in [-0.05, 0) is 43.1 Å². The first-order chi connectivity index (χ1) is 10.0. The van der Waals surface area contributed by atoms with Crippen molar-refractivity contribution in [1.29, 1.82) is 0 Å². The van der Waals surface area contributed by atoms with Crippen LogP contribution in [0.15, 0.2) is 33.3 Å². The fourth-order valence-corrected chi connectivity index (χ4v) is 2.40. The van der Waals surface area contributed by atoms with E-state index in [9.17, 15) is 0 Å². The van der Waals surface area contributed by atoms with Crippen molar-refractivity contribution >= 4 is 15.9 Å². The first kappa shape index (κ1) is 16.0. The van der Waals surface area contributed by atoms with E-state index in [1.807, 2.05) is 31.2 Å². The number of nitrogens with zero attached hydrogens (tertiary/aromatic N) is 1. The van der Waals surface area contributed by atoms with Crippen LogP contribution in [0.3, 0.4) is 0 Å². The van der Waals surface area contributed by atoms with Gasteiger partial charge >= 0.3 is 0 Å². The fraction of sp³-hybridized carbons (Fsp3) is 0.438. The molecule has 0 saturated carbocycles. The number of aromatic nitrogens is 1. The molecule has 1 aromatic carbocycles. The van der Waals surface area contributed by atoms with Crippen LogP contribution in [0.5, 0.6) is 5.75 Å². The summed E-state index contributed by atoms with van der Waals surface area (Å²) in [6, 6.07) is 7.86. The summed E-state index contributed by atoms with van der Waals surface area (Å²) in [7, 11) is 0. The highest BCUT2D eigenvalue weighted by molar-refractivity contribution is 9.10. The number of ether oxygens (including phenoxy) is 1. The highest BCUT2D eigenvalue weighted by Gasteiger charge is 2.07. The van der Waals surface area contributed by atoms with Crippen LogP contribution in [-0.2, 0) is 13.2 Å². The van der Waals surface area contributed by atoms with Crippen molar-refractivity contribution in [2.45, 2.75) is 33.9 Å². The van der Waals surface area contributed by atoms with Gasteiger partial charge in [0, 0.05) is 17.1 Å². The van der Waals surface area contributed by atoms with E-state index in [1.54, 1.807) is 0 Å². The molecule has 0 aliphatic carbocycles. The van der Waals surface area contributed by atoms with Crippen LogP contribution >= 0.6 is 15.9 Å². The lowest BCUT2D eigenvalue weighted by Crippen LogP contribution is -2.19. The van der Waals surface area contributed by atoms with Crippen LogP contribution in [-0.4, -0.2) is 11.7 Å². The van der Waals surface area contributed by atoms with Crippen LogP contribution in [0.1, 0.15) is 30.9 Å². The van der Waals surface area contributed by atoms with Gasteiger partial charge in [0.1, 0.15) is 12.4 Å². The Labute approximate surface area is 134 Å². The molecule has 0 amide bonds. The predicted octanol–water partition coefficient (Wildman–Crippen LogP) is 4.07. The largest absolute Gasteiger partial charge is 0.485 e. The average molecular weight is 353 g/mol. The number of hydrogen-bond donors (Lipinski definition) is 1. The zero-order chi connectivity index (χ0) is 15.2. The van der Waals surface area contributed by atoms with Crippen LogP contribution in [0.2, 0.25) is 0 Å². The van der Waals surface area contributed by atoms with E-state index < -0.39 is 0 Å². The van der Waals surface area contributed by atoms with Crippen molar-refractivity contribution in [1.82, 2.24) is 10.5 Å². The van der Waals surface area contributed by atoms with E-state index in [-0.39, 0.29) is 0 Å². The lowest BCUT2D eigenvalue weighted by atomic mass is 10.2. The molecule has 1 aromatic heterocycles. The van der Waals surface area contributed by atoms with Gasteiger partial charge in [0.15, 0.2) is 5.76 Å². The second kappa shape index (κ2) is 7.61. The van der Waals surface area contributed by atoms with E-state index in [4.69, 9.17) is 9.26 Å². The number of rotatable bonds is 7. The summed E-state index contributed by atoms with van der Waals surface area (Å²) in [6.45, 7) is 8.45. The Balaban J connectivity index is 1.85. The van der Waals surface area contributed by atoms with Crippen molar-refractivity contribution in [3.8, 4) is 5.75 Å². The summed E-state index contributed by atoms with van der Waals surface area (Å²) in [4.78, 5) is 0. The molecule has 2 aromatic rings. The molecular formula is C16H21BrN2O2. The van der Waals surface area contributed by atoms with Gasteiger partial charge in [0.25, 0.3) is 0 Å². The summed E-state index contributed by atoms with van der Waals surface area (Å²) in [5.74, 6) is 2.22. The van der Waals surface area contributed by atoms with Crippen LogP contribution < -0.4 is 10.1 Å². The third-order valence-electron chi connectivity index (χ3n) is 2.97. The van der Waals surface area contributed by atoms with Gasteiger partial charge in [-0.1, -0.05) is 34.9 Å². The Hall–Kier alpha value is -1.33. The number of halogens is 1. The van der Waals surface area contributed by atoms with Crippen molar-refractivity contribution in [3.63, 3.8) is 0 Å². The molecule has 2 rings (SSSR count). The molecule has 1 heterocycles. The van der Waals surface area contributed by atoms with Crippen LogP contribution in [0.4, 0.5) is 0 Å². The van der Waals surface area contributed by atoms with E-state index in [2.05, 4.69) is 40.3 Å². The molecule has 4 nitrogen and oxygen atoms in total. The third-order valence-corrected chi connectivity index (χ3v) is 3.47. The van der Waals surface area contributed by atoms with Crippen molar-refractivity contribution < 1.29 is 9.26 Å². The van der Waals surface area contributed by atoms with Gasteiger partial charge in [-0.3, -0.25) is 0 Å². The van der Waals surface area contributed by atoms with Crippen LogP contribution in [0.25, 0.3) is 0 Å². The van der Waals surface area contributed by atoms with E-state index in [1.165, 1.54) is 0 Å². The minimum absolute atomic E-state index is 0.389. The summed E-state index contributed by atoms with van der Waals surface area (Å²) in [6.07, 6.45) is 0. The quantitative estimate of drug-likeness (QED) is 0.815. The number of aryl methyl sites for hydroxylation is 1. The Morgan fingerprint density at radius 3 is 2.86 bits per heavy atom. The average Bonchev–Trinajstić information content (AvgIpc) is 2.85. The first-order valence-corrected chi connectivity index (χ1v) is 7.88. The smallest absolute Gasteiger partial charge is 0.174 e. The van der Waals surface area contributed by atoms with Crippen molar-refractivity contribution in [2.75, 3.05) is 6.54 Å².